The van der Waals surface area contributed by atoms with Crippen LogP contribution in [0.25, 0.3) is 0 Å². The summed E-state index contributed by atoms with van der Waals surface area (Å²) < 4.78 is 43.3. The second-order valence-corrected chi connectivity index (χ2v) is 9.50. The van der Waals surface area contributed by atoms with Gasteiger partial charge in [0.15, 0.2) is 11.5 Å². The van der Waals surface area contributed by atoms with Crippen LogP contribution in [0.1, 0.15) is 5.56 Å². The third-order valence-corrected chi connectivity index (χ3v) is 7.29. The smallest absolute Gasteiger partial charge is 0.414 e. The Morgan fingerprint density at radius 2 is 1.38 bits per heavy atom. The minimum atomic E-state index is -3.71. The molecule has 0 saturated carbocycles. The molecule has 2 N–H and O–H groups in total. The van der Waals surface area contributed by atoms with Crippen molar-refractivity contribution in [3.8, 4) is 17.2 Å². The molecule has 2 aromatic carbocycles. The van der Waals surface area contributed by atoms with Crippen LogP contribution in [-0.4, -0.2) is 92.2 Å². The molecular weight excluding hydrogens is 514 g/mol. The Bertz CT molecular complexity index is 1210. The number of nitro groups is 1. The number of nitrogens with zero attached hydrogens (tertiary/aromatic N) is 3. The van der Waals surface area contributed by atoms with Crippen LogP contribution < -0.4 is 14.2 Å². The fourth-order valence-corrected chi connectivity index (χ4v) is 4.90. The fraction of sp³-hybridized carbons (Fsp3) is 0.364. The summed E-state index contributed by atoms with van der Waals surface area (Å²) in [7, 11) is 0.995. The summed E-state index contributed by atoms with van der Waals surface area (Å²) in [6.07, 6.45) is 0. The van der Waals surface area contributed by atoms with Crippen LogP contribution in [0.5, 0.6) is 17.2 Å². The Morgan fingerprint density at radius 3 is 1.81 bits per heavy atom. The van der Waals surface area contributed by atoms with Gasteiger partial charge in [-0.15, -0.1) is 0 Å². The molecule has 0 aliphatic carbocycles. The molecule has 3 rings (SSSR count). The lowest BCUT2D eigenvalue weighted by atomic mass is 10.1. The molecule has 1 aliphatic rings. The molecule has 1 heterocycles. The second-order valence-electron chi connectivity index (χ2n) is 7.56. The SMILES string of the molecule is COc1cc(OC)c(OC)cc1CN1CCN(S(=O)(=O)c2ccc([N+](=O)[O-])cc2)CC1.O=C(O)C(=O)O. The number of carboxylic acid groups (broad SMARTS) is 2. The van der Waals surface area contributed by atoms with Gasteiger partial charge in [0.25, 0.3) is 5.69 Å². The monoisotopic (exact) mass is 541 g/mol. The molecule has 0 bridgehead atoms. The second kappa shape index (κ2) is 12.8. The van der Waals surface area contributed by atoms with Gasteiger partial charge >= 0.3 is 11.9 Å². The topological polar surface area (TPSA) is 186 Å². The zero-order chi connectivity index (χ0) is 27.8. The zero-order valence-electron chi connectivity index (χ0n) is 20.3. The van der Waals surface area contributed by atoms with E-state index in [0.717, 1.165) is 5.56 Å². The summed E-state index contributed by atoms with van der Waals surface area (Å²) in [6.45, 7) is 2.26. The number of benzene rings is 2. The number of methoxy groups -OCH3 is 3. The van der Waals surface area contributed by atoms with E-state index in [0.29, 0.717) is 50.0 Å². The fourth-order valence-electron chi connectivity index (χ4n) is 3.47. The van der Waals surface area contributed by atoms with Crippen molar-refractivity contribution in [2.75, 3.05) is 47.5 Å². The van der Waals surface area contributed by atoms with Crippen LogP contribution in [0.15, 0.2) is 41.3 Å². The number of carboxylic acids is 2. The normalized spacial score (nSPS) is 14.1. The molecule has 14 nitrogen and oxygen atoms in total. The van der Waals surface area contributed by atoms with Gasteiger partial charge in [-0.3, -0.25) is 15.0 Å². The van der Waals surface area contributed by atoms with E-state index in [1.807, 2.05) is 6.07 Å². The summed E-state index contributed by atoms with van der Waals surface area (Å²) in [5.74, 6) is -1.82. The quantitative estimate of drug-likeness (QED) is 0.277. The predicted octanol–water partition coefficient (Wildman–Crippen LogP) is 1.28. The maximum Gasteiger partial charge on any atom is 0.414 e. The summed E-state index contributed by atoms with van der Waals surface area (Å²) in [4.78, 5) is 30.6. The first kappa shape index (κ1) is 29.3. The standard InChI is InChI=1S/C20H25N3O7S.C2H2O4/c1-28-18-13-20(30-3)19(29-2)12-15(18)14-21-8-10-22(11-9-21)31(26,27)17-6-4-16(5-7-17)23(24)25;3-1(4)2(5)6/h4-7,12-13H,8-11,14H2,1-3H3;(H,3,4)(H,5,6). The molecule has 0 unspecified atom stereocenters. The first-order valence-electron chi connectivity index (χ1n) is 10.7. The van der Waals surface area contributed by atoms with Crippen LogP contribution in [0.3, 0.4) is 0 Å². The molecule has 0 aromatic heterocycles. The van der Waals surface area contributed by atoms with Gasteiger partial charge in [-0.2, -0.15) is 4.31 Å². The number of rotatable bonds is 8. The van der Waals surface area contributed by atoms with E-state index in [1.54, 1.807) is 27.4 Å². The number of ether oxygens (including phenoxy) is 3. The molecule has 1 aliphatic heterocycles. The van der Waals surface area contributed by atoms with Crippen molar-refractivity contribution in [2.24, 2.45) is 0 Å². The Kier molecular flexibility index (Phi) is 10.2. The Labute approximate surface area is 212 Å². The van der Waals surface area contributed by atoms with E-state index in [1.165, 1.54) is 28.6 Å². The van der Waals surface area contributed by atoms with Gasteiger partial charge in [0.2, 0.25) is 10.0 Å². The van der Waals surface area contributed by atoms with E-state index in [9.17, 15) is 18.5 Å². The number of aliphatic carboxylic acids is 2. The van der Waals surface area contributed by atoms with Crippen LogP contribution in [-0.2, 0) is 26.2 Å². The van der Waals surface area contributed by atoms with Gasteiger partial charge < -0.3 is 24.4 Å². The van der Waals surface area contributed by atoms with E-state index in [2.05, 4.69) is 4.90 Å². The van der Waals surface area contributed by atoms with Crippen LogP contribution in [0, 0.1) is 10.1 Å². The maximum absolute atomic E-state index is 12.9. The highest BCUT2D eigenvalue weighted by Crippen LogP contribution is 2.35. The first-order valence-corrected chi connectivity index (χ1v) is 12.1. The number of carbonyl (C=O) groups is 2. The zero-order valence-corrected chi connectivity index (χ0v) is 21.1. The highest BCUT2D eigenvalue weighted by molar-refractivity contribution is 7.89. The molecule has 202 valence electrons. The average molecular weight is 542 g/mol. The van der Waals surface area contributed by atoms with Gasteiger partial charge in [0.05, 0.1) is 31.1 Å². The minimum Gasteiger partial charge on any atom is -0.496 e. The van der Waals surface area contributed by atoms with Gasteiger partial charge in [-0.05, 0) is 18.2 Å². The van der Waals surface area contributed by atoms with Gasteiger partial charge in [-0.25, -0.2) is 18.0 Å². The van der Waals surface area contributed by atoms with Crippen LogP contribution in [0.2, 0.25) is 0 Å². The molecule has 0 atom stereocenters. The highest BCUT2D eigenvalue weighted by Gasteiger charge is 2.29. The van der Waals surface area contributed by atoms with Crippen LogP contribution in [0.4, 0.5) is 5.69 Å². The molecular formula is C22H27N3O11S. The van der Waals surface area contributed by atoms with E-state index in [4.69, 9.17) is 34.0 Å². The Hall–Kier alpha value is -3.95. The van der Waals surface area contributed by atoms with Gasteiger partial charge in [-0.1, -0.05) is 0 Å². The van der Waals surface area contributed by atoms with Crippen molar-refractivity contribution in [1.29, 1.82) is 0 Å². The number of hydrogen-bond donors (Lipinski definition) is 2. The predicted molar refractivity (Wildman–Crippen MR) is 129 cm³/mol. The number of non-ortho nitro benzene ring substituents is 1. The molecule has 0 amide bonds. The van der Waals surface area contributed by atoms with Crippen molar-refractivity contribution in [3.63, 3.8) is 0 Å². The largest absolute Gasteiger partial charge is 0.496 e. The van der Waals surface area contributed by atoms with Gasteiger partial charge in [0.1, 0.15) is 5.75 Å². The summed E-state index contributed by atoms with van der Waals surface area (Å²) in [5.41, 5.74) is 0.763. The van der Waals surface area contributed by atoms with E-state index < -0.39 is 26.9 Å². The maximum atomic E-state index is 12.9. The lowest BCUT2D eigenvalue weighted by molar-refractivity contribution is -0.384. The minimum absolute atomic E-state index is 0.0492. The molecule has 1 saturated heterocycles. The average Bonchev–Trinajstić information content (AvgIpc) is 2.89. The Morgan fingerprint density at radius 1 is 0.892 bits per heavy atom. The summed E-state index contributed by atoms with van der Waals surface area (Å²) in [5, 5.41) is 25.6. The van der Waals surface area contributed by atoms with E-state index in [-0.39, 0.29) is 10.6 Å². The number of nitro benzene ring substituents is 1. The van der Waals surface area contributed by atoms with Crippen molar-refractivity contribution < 1.29 is 47.4 Å². The Balaban J connectivity index is 0.000000717. The molecule has 15 heteroatoms. The molecule has 1 fully saturated rings. The van der Waals surface area contributed by atoms with Crippen molar-refractivity contribution >= 4 is 27.6 Å². The lowest BCUT2D eigenvalue weighted by Gasteiger charge is -2.34. The van der Waals surface area contributed by atoms with E-state index >= 15 is 0 Å². The van der Waals surface area contributed by atoms with Crippen molar-refractivity contribution in [2.45, 2.75) is 11.4 Å². The first-order chi connectivity index (χ1) is 17.4. The van der Waals surface area contributed by atoms with Crippen LogP contribution >= 0.6 is 0 Å². The molecule has 0 spiro atoms. The van der Waals surface area contributed by atoms with Crippen molar-refractivity contribution in [1.82, 2.24) is 9.21 Å². The molecule has 2 aromatic rings. The summed E-state index contributed by atoms with van der Waals surface area (Å²) >= 11 is 0. The summed E-state index contributed by atoms with van der Waals surface area (Å²) in [6, 6.07) is 8.57. The molecule has 0 radical (unpaired) electrons. The number of piperazine rings is 1. The highest BCUT2D eigenvalue weighted by atomic mass is 32.2. The van der Waals surface area contributed by atoms with Gasteiger partial charge in [0, 0.05) is 56.5 Å². The number of sulfonamides is 1. The number of hydrogen-bond acceptors (Lipinski definition) is 10. The third kappa shape index (κ3) is 7.52. The van der Waals surface area contributed by atoms with Crippen molar-refractivity contribution in [3.05, 3.63) is 52.1 Å². The molecule has 37 heavy (non-hydrogen) atoms. The third-order valence-electron chi connectivity index (χ3n) is 5.38. The lowest BCUT2D eigenvalue weighted by Crippen LogP contribution is -2.48.